The van der Waals surface area contributed by atoms with Crippen LogP contribution in [0.4, 0.5) is 0 Å². The predicted molar refractivity (Wildman–Crippen MR) is 117 cm³/mol. The average molecular weight is 438 g/mol. The molecule has 0 aliphatic carbocycles. The van der Waals surface area contributed by atoms with Crippen LogP contribution in [0.5, 0.6) is 0 Å². The van der Waals surface area contributed by atoms with Crippen molar-refractivity contribution >= 4 is 35.8 Å². The fourth-order valence-corrected chi connectivity index (χ4v) is 3.36. The molecule has 2 amide bonds. The Morgan fingerprint density at radius 1 is 1.17 bits per heavy atom. The van der Waals surface area contributed by atoms with Gasteiger partial charge in [0.15, 0.2) is 5.54 Å². The van der Waals surface area contributed by atoms with Gasteiger partial charge in [-0.15, -0.1) is 0 Å². The molecule has 0 bridgehead atoms. The number of aldehydes is 1. The lowest BCUT2D eigenvalue weighted by atomic mass is 9.96. The van der Waals surface area contributed by atoms with Crippen molar-refractivity contribution in [2.24, 2.45) is 11.7 Å². The molecule has 0 saturated carbocycles. The SMILES string of the molecule is CSCC[C@@](N)(C=O)C(=O)N[C@@H](CC(C)C)C(=O)N[C@@H](Cc1ccccc1)C(=O)O. The molecule has 0 saturated heterocycles. The number of benzene rings is 1. The monoisotopic (exact) mass is 437 g/mol. The molecule has 0 radical (unpaired) electrons. The Kier molecular flexibility index (Phi) is 10.5. The molecule has 0 spiro atoms. The van der Waals surface area contributed by atoms with E-state index < -0.39 is 35.4 Å². The number of thioether (sulfide) groups is 1. The van der Waals surface area contributed by atoms with E-state index in [1.54, 1.807) is 24.3 Å². The Labute approximate surface area is 181 Å². The van der Waals surface area contributed by atoms with Crippen LogP contribution in [0.3, 0.4) is 0 Å². The van der Waals surface area contributed by atoms with E-state index in [9.17, 15) is 24.3 Å². The second kappa shape index (κ2) is 12.3. The molecule has 9 heteroatoms. The zero-order valence-corrected chi connectivity index (χ0v) is 18.4. The van der Waals surface area contributed by atoms with Crippen LogP contribution in [0.2, 0.25) is 0 Å². The molecule has 1 aromatic rings. The van der Waals surface area contributed by atoms with Crippen molar-refractivity contribution < 1.29 is 24.3 Å². The summed E-state index contributed by atoms with van der Waals surface area (Å²) in [4.78, 5) is 48.6. The third-order valence-electron chi connectivity index (χ3n) is 4.58. The van der Waals surface area contributed by atoms with Crippen molar-refractivity contribution in [2.75, 3.05) is 12.0 Å². The smallest absolute Gasteiger partial charge is 0.326 e. The van der Waals surface area contributed by atoms with Gasteiger partial charge in [-0.3, -0.25) is 9.59 Å². The van der Waals surface area contributed by atoms with E-state index in [2.05, 4.69) is 10.6 Å². The Bertz CT molecular complexity index is 729. The maximum Gasteiger partial charge on any atom is 0.326 e. The first-order valence-corrected chi connectivity index (χ1v) is 11.1. The summed E-state index contributed by atoms with van der Waals surface area (Å²) in [6, 6.07) is 6.76. The van der Waals surface area contributed by atoms with E-state index in [4.69, 9.17) is 5.73 Å². The molecule has 3 atom stereocenters. The summed E-state index contributed by atoms with van der Waals surface area (Å²) in [5.41, 5.74) is 4.96. The molecule has 8 nitrogen and oxygen atoms in total. The highest BCUT2D eigenvalue weighted by Gasteiger charge is 2.36. The summed E-state index contributed by atoms with van der Waals surface area (Å²) < 4.78 is 0. The lowest BCUT2D eigenvalue weighted by molar-refractivity contribution is -0.142. The largest absolute Gasteiger partial charge is 0.480 e. The van der Waals surface area contributed by atoms with E-state index in [-0.39, 0.29) is 25.2 Å². The van der Waals surface area contributed by atoms with Crippen LogP contribution in [-0.2, 0) is 25.6 Å². The molecule has 0 aromatic heterocycles. The summed E-state index contributed by atoms with van der Waals surface area (Å²) in [5.74, 6) is -2.02. The van der Waals surface area contributed by atoms with Crippen molar-refractivity contribution in [1.29, 1.82) is 0 Å². The van der Waals surface area contributed by atoms with Crippen molar-refractivity contribution in [3.63, 3.8) is 0 Å². The molecule has 0 heterocycles. The van der Waals surface area contributed by atoms with Gasteiger partial charge >= 0.3 is 5.97 Å². The van der Waals surface area contributed by atoms with E-state index in [0.717, 1.165) is 5.56 Å². The fourth-order valence-electron chi connectivity index (χ4n) is 2.81. The highest BCUT2D eigenvalue weighted by atomic mass is 32.2. The molecule has 166 valence electrons. The third kappa shape index (κ3) is 8.16. The van der Waals surface area contributed by atoms with Crippen molar-refractivity contribution in [1.82, 2.24) is 10.6 Å². The Morgan fingerprint density at radius 2 is 1.80 bits per heavy atom. The van der Waals surface area contributed by atoms with Gasteiger partial charge in [0, 0.05) is 6.42 Å². The minimum Gasteiger partial charge on any atom is -0.480 e. The summed E-state index contributed by atoms with van der Waals surface area (Å²) in [6.45, 7) is 3.74. The van der Waals surface area contributed by atoms with Crippen LogP contribution in [-0.4, -0.2) is 58.8 Å². The van der Waals surface area contributed by atoms with Gasteiger partial charge in [-0.2, -0.15) is 11.8 Å². The Morgan fingerprint density at radius 3 is 2.30 bits per heavy atom. The van der Waals surface area contributed by atoms with Crippen molar-refractivity contribution in [3.05, 3.63) is 35.9 Å². The van der Waals surface area contributed by atoms with Gasteiger partial charge in [0.2, 0.25) is 11.8 Å². The molecule has 0 aliphatic heterocycles. The maximum atomic E-state index is 12.8. The van der Waals surface area contributed by atoms with Crippen LogP contribution < -0.4 is 16.4 Å². The summed E-state index contributed by atoms with van der Waals surface area (Å²) in [6.07, 6.45) is 2.72. The second-order valence-electron chi connectivity index (χ2n) is 7.65. The number of carboxylic acids is 1. The summed E-state index contributed by atoms with van der Waals surface area (Å²) in [5, 5.41) is 14.6. The first-order valence-electron chi connectivity index (χ1n) is 9.75. The fraction of sp³-hybridized carbons (Fsp3) is 0.524. The van der Waals surface area contributed by atoms with E-state index in [0.29, 0.717) is 12.0 Å². The van der Waals surface area contributed by atoms with Gasteiger partial charge in [-0.25, -0.2) is 4.79 Å². The van der Waals surface area contributed by atoms with Crippen LogP contribution >= 0.6 is 11.8 Å². The zero-order valence-electron chi connectivity index (χ0n) is 17.6. The lowest BCUT2D eigenvalue weighted by Gasteiger charge is -2.27. The topological polar surface area (TPSA) is 139 Å². The molecule has 1 aromatic carbocycles. The molecule has 0 unspecified atom stereocenters. The van der Waals surface area contributed by atoms with E-state index in [1.807, 2.05) is 26.2 Å². The Balaban J connectivity index is 2.94. The van der Waals surface area contributed by atoms with Crippen molar-refractivity contribution in [3.8, 4) is 0 Å². The standard InChI is InChI=1S/C21H31N3O5S/c1-14(2)11-16(24-20(29)21(22,13-25)9-10-30-3)18(26)23-17(19(27)28)12-15-7-5-4-6-8-15/h4-8,13-14,16-17H,9-12,22H2,1-3H3,(H,23,26)(H,24,29)(H,27,28)/t16-,17-,21+/m0/s1. The average Bonchev–Trinajstić information content (AvgIpc) is 2.71. The summed E-state index contributed by atoms with van der Waals surface area (Å²) >= 11 is 1.45. The van der Waals surface area contributed by atoms with Crippen LogP contribution in [0, 0.1) is 5.92 Å². The zero-order chi connectivity index (χ0) is 22.7. The van der Waals surface area contributed by atoms with Gasteiger partial charge in [0.1, 0.15) is 18.4 Å². The number of amides is 2. The molecular formula is C21H31N3O5S. The van der Waals surface area contributed by atoms with E-state index in [1.165, 1.54) is 11.8 Å². The summed E-state index contributed by atoms with van der Waals surface area (Å²) in [7, 11) is 0. The van der Waals surface area contributed by atoms with Gasteiger partial charge in [0.25, 0.3) is 0 Å². The van der Waals surface area contributed by atoms with Gasteiger partial charge in [-0.05, 0) is 36.3 Å². The molecule has 1 rings (SSSR count). The van der Waals surface area contributed by atoms with Gasteiger partial charge in [0.05, 0.1) is 0 Å². The lowest BCUT2D eigenvalue weighted by Crippen LogP contribution is -2.61. The predicted octanol–water partition coefficient (Wildman–Crippen LogP) is 0.979. The molecule has 0 fully saturated rings. The maximum absolute atomic E-state index is 12.8. The van der Waals surface area contributed by atoms with Crippen LogP contribution in [0.1, 0.15) is 32.3 Å². The number of hydrogen-bond donors (Lipinski definition) is 4. The quantitative estimate of drug-likeness (QED) is 0.266. The minimum absolute atomic E-state index is 0.0352. The third-order valence-corrected chi connectivity index (χ3v) is 5.19. The normalized spacial score (nSPS) is 15.0. The number of aliphatic carboxylic acids is 1. The number of carbonyl (C=O) groups excluding carboxylic acids is 3. The molecule has 30 heavy (non-hydrogen) atoms. The number of nitrogens with one attached hydrogen (secondary N) is 2. The molecule has 0 aliphatic rings. The van der Waals surface area contributed by atoms with Crippen molar-refractivity contribution in [2.45, 2.75) is 50.7 Å². The minimum atomic E-state index is -1.74. The molecule has 5 N–H and O–H groups in total. The number of hydrogen-bond acceptors (Lipinski definition) is 6. The second-order valence-corrected chi connectivity index (χ2v) is 8.63. The first kappa shape index (κ1) is 25.6. The van der Waals surface area contributed by atoms with Gasteiger partial charge < -0.3 is 26.3 Å². The van der Waals surface area contributed by atoms with Gasteiger partial charge in [-0.1, -0.05) is 44.2 Å². The molecular weight excluding hydrogens is 406 g/mol. The number of rotatable bonds is 13. The number of carbonyl (C=O) groups is 4. The van der Waals surface area contributed by atoms with E-state index >= 15 is 0 Å². The number of nitrogens with two attached hydrogens (primary N) is 1. The van der Waals surface area contributed by atoms with Crippen LogP contribution in [0.25, 0.3) is 0 Å². The van der Waals surface area contributed by atoms with Crippen LogP contribution in [0.15, 0.2) is 30.3 Å². The number of carboxylic acid groups (broad SMARTS) is 1. The Hall–Kier alpha value is -2.39. The highest BCUT2D eigenvalue weighted by Crippen LogP contribution is 2.12. The highest BCUT2D eigenvalue weighted by molar-refractivity contribution is 7.98. The first-order chi connectivity index (χ1) is 14.1.